The number of carbonyl (C=O) groups is 1. The molecule has 0 saturated carbocycles. The Balaban J connectivity index is 1.92. The monoisotopic (exact) mass is 360 g/mol. The molecule has 6 nitrogen and oxygen atoms in total. The number of nitrogens with zero attached hydrogens (tertiary/aromatic N) is 1. The van der Waals surface area contributed by atoms with Crippen LogP contribution in [0.5, 0.6) is 17.2 Å². The van der Waals surface area contributed by atoms with Crippen LogP contribution in [0.25, 0.3) is 0 Å². The van der Waals surface area contributed by atoms with Gasteiger partial charge >= 0.3 is 0 Å². The highest BCUT2D eigenvalue weighted by Crippen LogP contribution is 2.41. The Kier molecular flexibility index (Phi) is 4.32. The van der Waals surface area contributed by atoms with Gasteiger partial charge in [-0.25, -0.2) is 10.5 Å². The van der Waals surface area contributed by atoms with Gasteiger partial charge in [0.05, 0.1) is 18.4 Å². The fraction of sp³-hybridized carbons (Fsp3) is 0.0476. The van der Waals surface area contributed by atoms with Crippen molar-refractivity contribution in [2.45, 2.75) is 0 Å². The van der Waals surface area contributed by atoms with Crippen LogP contribution < -0.4 is 15.0 Å². The normalized spacial score (nSPS) is 12.0. The number of amides is 1. The summed E-state index contributed by atoms with van der Waals surface area (Å²) in [6, 6.07) is 19.9. The highest BCUT2D eigenvalue weighted by molar-refractivity contribution is 6.18. The molecule has 134 valence electrons. The standard InChI is InChI=1S/C21H16N2O4/c1-26-17-7-4-8-18-19(17)20(22-15-5-2-3-6-16(15)27-18)13-9-11-14(12-10-13)21(24)23-25/h2-12,25H,1H3,(H,23,24). The van der Waals surface area contributed by atoms with E-state index in [4.69, 9.17) is 19.7 Å². The Morgan fingerprint density at radius 2 is 1.74 bits per heavy atom. The van der Waals surface area contributed by atoms with Crippen LogP contribution >= 0.6 is 0 Å². The third kappa shape index (κ3) is 3.02. The maximum absolute atomic E-state index is 11.6. The third-order valence-electron chi connectivity index (χ3n) is 4.28. The van der Waals surface area contributed by atoms with Crippen LogP contribution in [0.2, 0.25) is 0 Å². The minimum Gasteiger partial charge on any atom is -0.496 e. The number of methoxy groups -OCH3 is 1. The second-order valence-electron chi connectivity index (χ2n) is 5.88. The molecule has 3 aromatic carbocycles. The first-order valence-electron chi connectivity index (χ1n) is 8.29. The molecule has 0 bridgehead atoms. The number of hydrogen-bond acceptors (Lipinski definition) is 5. The van der Waals surface area contributed by atoms with Crippen LogP contribution in [-0.2, 0) is 0 Å². The molecule has 0 atom stereocenters. The molecule has 1 amide bonds. The zero-order chi connectivity index (χ0) is 18.8. The van der Waals surface area contributed by atoms with Gasteiger partial charge in [0, 0.05) is 11.1 Å². The van der Waals surface area contributed by atoms with Crippen LogP contribution in [0.15, 0.2) is 71.7 Å². The van der Waals surface area contributed by atoms with Crippen molar-refractivity contribution >= 4 is 17.3 Å². The molecule has 1 aliphatic rings. The predicted octanol–water partition coefficient (Wildman–Crippen LogP) is 4.09. The minimum atomic E-state index is -0.573. The lowest BCUT2D eigenvalue weighted by atomic mass is 9.99. The van der Waals surface area contributed by atoms with Crippen molar-refractivity contribution < 1.29 is 19.5 Å². The molecule has 0 spiro atoms. The number of rotatable bonds is 3. The number of hydroxylamine groups is 1. The van der Waals surface area contributed by atoms with E-state index < -0.39 is 5.91 Å². The summed E-state index contributed by atoms with van der Waals surface area (Å²) in [6.45, 7) is 0. The number of nitrogens with one attached hydrogen (secondary N) is 1. The zero-order valence-electron chi connectivity index (χ0n) is 14.5. The van der Waals surface area contributed by atoms with E-state index in [9.17, 15) is 4.79 Å². The smallest absolute Gasteiger partial charge is 0.274 e. The maximum atomic E-state index is 11.6. The van der Waals surface area contributed by atoms with Gasteiger partial charge in [0.15, 0.2) is 5.75 Å². The molecule has 2 N–H and O–H groups in total. The van der Waals surface area contributed by atoms with Crippen LogP contribution in [0.4, 0.5) is 5.69 Å². The molecule has 0 aromatic heterocycles. The number of para-hydroxylation sites is 2. The molecule has 0 saturated heterocycles. The first kappa shape index (κ1) is 16.8. The molecule has 0 aliphatic carbocycles. The average Bonchev–Trinajstić information content (AvgIpc) is 2.89. The summed E-state index contributed by atoms with van der Waals surface area (Å²) in [6.07, 6.45) is 0. The van der Waals surface area contributed by atoms with Gasteiger partial charge in [-0.15, -0.1) is 0 Å². The van der Waals surface area contributed by atoms with E-state index in [1.54, 1.807) is 36.9 Å². The number of hydrogen-bond donors (Lipinski definition) is 2. The first-order valence-corrected chi connectivity index (χ1v) is 8.29. The van der Waals surface area contributed by atoms with Crippen molar-refractivity contribution in [2.75, 3.05) is 7.11 Å². The van der Waals surface area contributed by atoms with Crippen molar-refractivity contribution in [3.63, 3.8) is 0 Å². The van der Waals surface area contributed by atoms with Crippen molar-refractivity contribution in [3.8, 4) is 17.2 Å². The van der Waals surface area contributed by atoms with Crippen molar-refractivity contribution in [2.24, 2.45) is 4.99 Å². The van der Waals surface area contributed by atoms with Gasteiger partial charge in [0.2, 0.25) is 0 Å². The number of carbonyl (C=O) groups excluding carboxylic acids is 1. The molecule has 0 unspecified atom stereocenters. The van der Waals surface area contributed by atoms with Gasteiger partial charge in [-0.2, -0.15) is 0 Å². The average molecular weight is 360 g/mol. The van der Waals surface area contributed by atoms with E-state index in [2.05, 4.69) is 0 Å². The van der Waals surface area contributed by atoms with Crippen LogP contribution in [0.3, 0.4) is 0 Å². The predicted molar refractivity (Wildman–Crippen MR) is 101 cm³/mol. The molecule has 4 rings (SSSR count). The summed E-state index contributed by atoms with van der Waals surface area (Å²) >= 11 is 0. The summed E-state index contributed by atoms with van der Waals surface area (Å²) in [7, 11) is 1.60. The zero-order valence-corrected chi connectivity index (χ0v) is 14.5. The summed E-state index contributed by atoms with van der Waals surface area (Å²) < 4.78 is 11.6. The van der Waals surface area contributed by atoms with Crippen LogP contribution in [0.1, 0.15) is 21.5 Å². The highest BCUT2D eigenvalue weighted by Gasteiger charge is 2.23. The Bertz CT molecular complexity index is 1040. The quantitative estimate of drug-likeness (QED) is 0.426. The van der Waals surface area contributed by atoms with Gasteiger partial charge in [-0.3, -0.25) is 10.0 Å². The van der Waals surface area contributed by atoms with E-state index >= 15 is 0 Å². The number of benzene rings is 3. The summed E-state index contributed by atoms with van der Waals surface area (Å²) in [5, 5.41) is 8.79. The second-order valence-corrected chi connectivity index (χ2v) is 5.88. The summed E-state index contributed by atoms with van der Waals surface area (Å²) in [4.78, 5) is 16.4. The fourth-order valence-electron chi connectivity index (χ4n) is 2.98. The molecule has 1 aliphatic heterocycles. The van der Waals surface area contributed by atoms with Gasteiger partial charge in [-0.05, 0) is 36.4 Å². The SMILES string of the molecule is COc1cccc2c1C(c1ccc(C(=O)NO)cc1)=Nc1ccccc1O2. The molecule has 27 heavy (non-hydrogen) atoms. The Hall–Kier alpha value is -3.64. The lowest BCUT2D eigenvalue weighted by Gasteiger charge is -2.14. The molecule has 3 aromatic rings. The molecular weight excluding hydrogens is 344 g/mol. The van der Waals surface area contributed by atoms with Crippen molar-refractivity contribution in [3.05, 3.63) is 83.4 Å². The highest BCUT2D eigenvalue weighted by atomic mass is 16.5. The van der Waals surface area contributed by atoms with Gasteiger partial charge in [0.25, 0.3) is 5.91 Å². The lowest BCUT2D eigenvalue weighted by Crippen LogP contribution is -2.18. The largest absolute Gasteiger partial charge is 0.496 e. The Morgan fingerprint density at radius 1 is 1.00 bits per heavy atom. The molecule has 0 radical (unpaired) electrons. The minimum absolute atomic E-state index is 0.340. The summed E-state index contributed by atoms with van der Waals surface area (Å²) in [5.74, 6) is 1.35. The number of aliphatic imine (C=N–C) groups is 1. The molecule has 1 heterocycles. The maximum Gasteiger partial charge on any atom is 0.274 e. The van der Waals surface area contributed by atoms with Gasteiger partial charge in [-0.1, -0.05) is 30.3 Å². The lowest BCUT2D eigenvalue weighted by molar-refractivity contribution is 0.0706. The topological polar surface area (TPSA) is 80.2 Å². The first-order chi connectivity index (χ1) is 13.2. The van der Waals surface area contributed by atoms with E-state index in [0.29, 0.717) is 34.2 Å². The molecule has 0 fully saturated rings. The van der Waals surface area contributed by atoms with E-state index in [1.807, 2.05) is 42.5 Å². The van der Waals surface area contributed by atoms with E-state index in [1.165, 1.54) is 0 Å². The van der Waals surface area contributed by atoms with E-state index in [-0.39, 0.29) is 0 Å². The van der Waals surface area contributed by atoms with Gasteiger partial charge < -0.3 is 9.47 Å². The Morgan fingerprint density at radius 3 is 2.48 bits per heavy atom. The van der Waals surface area contributed by atoms with Crippen LogP contribution in [-0.4, -0.2) is 23.9 Å². The summed E-state index contributed by atoms with van der Waals surface area (Å²) in [5.41, 5.74) is 4.85. The van der Waals surface area contributed by atoms with E-state index in [0.717, 1.165) is 11.1 Å². The number of fused-ring (bicyclic) bond motifs is 2. The van der Waals surface area contributed by atoms with Crippen LogP contribution in [0, 0.1) is 0 Å². The van der Waals surface area contributed by atoms with Crippen molar-refractivity contribution in [1.29, 1.82) is 0 Å². The number of ether oxygens (including phenoxy) is 2. The second kappa shape index (κ2) is 6.93. The van der Waals surface area contributed by atoms with Crippen molar-refractivity contribution in [1.82, 2.24) is 5.48 Å². The fourth-order valence-corrected chi connectivity index (χ4v) is 2.98. The van der Waals surface area contributed by atoms with Gasteiger partial charge in [0.1, 0.15) is 17.2 Å². The Labute approximate surface area is 155 Å². The molecular formula is C21H16N2O4. The third-order valence-corrected chi connectivity index (χ3v) is 4.28. The molecule has 6 heteroatoms.